The highest BCUT2D eigenvalue weighted by molar-refractivity contribution is 5.43. The lowest BCUT2D eigenvalue weighted by molar-refractivity contribution is 0.287. The van der Waals surface area contributed by atoms with Gasteiger partial charge in [0, 0.05) is 17.7 Å². The maximum absolute atomic E-state index is 5.68. The summed E-state index contributed by atoms with van der Waals surface area (Å²) < 4.78 is 7.44. The molecule has 0 radical (unpaired) electrons. The summed E-state index contributed by atoms with van der Waals surface area (Å²) in [5.74, 6) is 2.30. The van der Waals surface area contributed by atoms with E-state index in [1.165, 1.54) is 12.8 Å². The smallest absolute Gasteiger partial charge is 0.154 e. The minimum atomic E-state index is 0.536. The fourth-order valence-corrected chi connectivity index (χ4v) is 1.86. The summed E-state index contributed by atoms with van der Waals surface area (Å²) in [6.45, 7) is 1.20. The number of hydrogen-bond donors (Lipinski definition) is 1. The van der Waals surface area contributed by atoms with Crippen LogP contribution in [0, 0.1) is 0 Å². The Bertz CT molecular complexity index is 535. The third-order valence-electron chi connectivity index (χ3n) is 2.93. The quantitative estimate of drug-likeness (QED) is 0.801. The van der Waals surface area contributed by atoms with E-state index in [-0.39, 0.29) is 0 Å². The van der Waals surface area contributed by atoms with E-state index >= 15 is 0 Å². The highest BCUT2D eigenvalue weighted by Crippen LogP contribution is 2.38. The minimum Gasteiger partial charge on any atom is -0.492 e. The zero-order valence-electron chi connectivity index (χ0n) is 9.99. The molecule has 1 aliphatic rings. The molecule has 2 aromatic rings. The van der Waals surface area contributed by atoms with Crippen molar-refractivity contribution in [3.05, 3.63) is 30.1 Å². The van der Waals surface area contributed by atoms with E-state index in [0.29, 0.717) is 24.8 Å². The van der Waals surface area contributed by atoms with E-state index in [0.717, 1.165) is 11.6 Å². The van der Waals surface area contributed by atoms with Crippen molar-refractivity contribution in [3.63, 3.8) is 0 Å². The van der Waals surface area contributed by atoms with Gasteiger partial charge in [-0.3, -0.25) is 0 Å². The summed E-state index contributed by atoms with van der Waals surface area (Å²) in [6, 6.07) is 7.40. The van der Waals surface area contributed by atoms with E-state index < -0.39 is 0 Å². The van der Waals surface area contributed by atoms with Crippen LogP contribution in [0.15, 0.2) is 24.3 Å². The van der Waals surface area contributed by atoms with Crippen LogP contribution in [0.3, 0.4) is 0 Å². The monoisotopic (exact) mass is 245 g/mol. The molecule has 3 rings (SSSR count). The Morgan fingerprint density at radius 3 is 3.06 bits per heavy atom. The molecule has 0 atom stereocenters. The van der Waals surface area contributed by atoms with E-state index in [4.69, 9.17) is 10.5 Å². The first-order valence-corrected chi connectivity index (χ1v) is 6.07. The predicted molar refractivity (Wildman–Crippen MR) is 66.1 cm³/mol. The van der Waals surface area contributed by atoms with Gasteiger partial charge in [0.05, 0.1) is 6.54 Å². The summed E-state index contributed by atoms with van der Waals surface area (Å²) in [7, 11) is 0. The Hall–Kier alpha value is -2.11. The van der Waals surface area contributed by atoms with Crippen LogP contribution in [0.2, 0.25) is 0 Å². The second kappa shape index (κ2) is 4.64. The van der Waals surface area contributed by atoms with Gasteiger partial charge in [0.2, 0.25) is 0 Å². The van der Waals surface area contributed by atoms with Crippen molar-refractivity contribution in [1.82, 2.24) is 20.2 Å². The van der Waals surface area contributed by atoms with Crippen LogP contribution in [0.1, 0.15) is 24.6 Å². The first-order valence-electron chi connectivity index (χ1n) is 6.07. The van der Waals surface area contributed by atoms with Crippen LogP contribution in [-0.2, 0) is 6.54 Å². The second-order valence-electron chi connectivity index (χ2n) is 4.46. The van der Waals surface area contributed by atoms with Crippen molar-refractivity contribution < 1.29 is 4.74 Å². The maximum atomic E-state index is 5.68. The van der Waals surface area contributed by atoms with Gasteiger partial charge in [0.1, 0.15) is 12.4 Å². The normalized spacial score (nSPS) is 14.7. The van der Waals surface area contributed by atoms with Crippen LogP contribution in [0.5, 0.6) is 5.75 Å². The zero-order chi connectivity index (χ0) is 12.4. The Balaban J connectivity index is 1.56. The summed E-state index contributed by atoms with van der Waals surface area (Å²) in [6.07, 6.45) is 2.38. The summed E-state index contributed by atoms with van der Waals surface area (Å²) in [5.41, 5.74) is 6.38. The molecule has 0 spiro atoms. The molecular weight excluding hydrogens is 230 g/mol. The SMILES string of the molecule is Nc1cccc(OCCn2nnnc2C2CC2)c1. The van der Waals surface area contributed by atoms with Crippen molar-refractivity contribution in [1.29, 1.82) is 0 Å². The molecule has 0 aliphatic heterocycles. The molecule has 1 aliphatic carbocycles. The van der Waals surface area contributed by atoms with Crippen molar-refractivity contribution in [2.24, 2.45) is 0 Å². The highest BCUT2D eigenvalue weighted by Gasteiger charge is 2.29. The number of nitrogens with zero attached hydrogens (tertiary/aromatic N) is 4. The van der Waals surface area contributed by atoms with Crippen molar-refractivity contribution in [2.75, 3.05) is 12.3 Å². The maximum Gasteiger partial charge on any atom is 0.154 e. The van der Waals surface area contributed by atoms with Crippen molar-refractivity contribution in [3.8, 4) is 5.75 Å². The van der Waals surface area contributed by atoms with Gasteiger partial charge in [0.15, 0.2) is 5.82 Å². The average Bonchev–Trinajstić information content (AvgIpc) is 3.10. The molecule has 0 saturated heterocycles. The van der Waals surface area contributed by atoms with Gasteiger partial charge in [-0.1, -0.05) is 6.07 Å². The molecule has 2 N–H and O–H groups in total. The lowest BCUT2D eigenvalue weighted by Crippen LogP contribution is -2.12. The number of nitrogen functional groups attached to an aromatic ring is 1. The number of ether oxygens (including phenoxy) is 1. The first kappa shape index (κ1) is 11.0. The number of anilines is 1. The highest BCUT2D eigenvalue weighted by atomic mass is 16.5. The molecule has 94 valence electrons. The van der Waals surface area contributed by atoms with Gasteiger partial charge in [-0.05, 0) is 35.4 Å². The fourth-order valence-electron chi connectivity index (χ4n) is 1.86. The Morgan fingerprint density at radius 1 is 1.39 bits per heavy atom. The lowest BCUT2D eigenvalue weighted by Gasteiger charge is -2.07. The number of benzene rings is 1. The summed E-state index contributed by atoms with van der Waals surface area (Å²) >= 11 is 0. The zero-order valence-corrected chi connectivity index (χ0v) is 9.99. The molecule has 1 fully saturated rings. The minimum absolute atomic E-state index is 0.536. The average molecular weight is 245 g/mol. The van der Waals surface area contributed by atoms with Gasteiger partial charge in [-0.25, -0.2) is 4.68 Å². The molecule has 6 nitrogen and oxygen atoms in total. The largest absolute Gasteiger partial charge is 0.492 e. The third-order valence-corrected chi connectivity index (χ3v) is 2.93. The Kier molecular flexibility index (Phi) is 2.84. The molecule has 0 unspecified atom stereocenters. The van der Waals surface area contributed by atoms with Crippen LogP contribution in [0.4, 0.5) is 5.69 Å². The molecule has 1 aromatic heterocycles. The molecule has 0 amide bonds. The summed E-state index contributed by atoms with van der Waals surface area (Å²) in [4.78, 5) is 0. The van der Waals surface area contributed by atoms with E-state index in [9.17, 15) is 0 Å². The third kappa shape index (κ3) is 2.42. The molecule has 18 heavy (non-hydrogen) atoms. The van der Waals surface area contributed by atoms with E-state index in [2.05, 4.69) is 15.5 Å². The second-order valence-corrected chi connectivity index (χ2v) is 4.46. The van der Waals surface area contributed by atoms with E-state index in [1.54, 1.807) is 6.07 Å². The molecule has 1 heterocycles. The van der Waals surface area contributed by atoms with Gasteiger partial charge in [-0.15, -0.1) is 5.10 Å². The van der Waals surface area contributed by atoms with Crippen LogP contribution >= 0.6 is 0 Å². The van der Waals surface area contributed by atoms with Crippen molar-refractivity contribution in [2.45, 2.75) is 25.3 Å². The van der Waals surface area contributed by atoms with Gasteiger partial charge in [-0.2, -0.15) is 0 Å². The molecule has 1 aromatic carbocycles. The van der Waals surface area contributed by atoms with Gasteiger partial charge >= 0.3 is 0 Å². The van der Waals surface area contributed by atoms with Gasteiger partial charge < -0.3 is 10.5 Å². The number of nitrogens with two attached hydrogens (primary N) is 1. The lowest BCUT2D eigenvalue weighted by atomic mass is 10.3. The molecule has 6 heteroatoms. The Labute approximate surface area is 105 Å². The van der Waals surface area contributed by atoms with Gasteiger partial charge in [0.25, 0.3) is 0 Å². The first-order chi connectivity index (χ1) is 8.83. The fraction of sp³-hybridized carbons (Fsp3) is 0.417. The molecule has 0 bridgehead atoms. The molecule has 1 saturated carbocycles. The number of rotatable bonds is 5. The van der Waals surface area contributed by atoms with Crippen molar-refractivity contribution >= 4 is 5.69 Å². The predicted octanol–water partition coefficient (Wildman–Crippen LogP) is 1.21. The topological polar surface area (TPSA) is 78.9 Å². The summed E-state index contributed by atoms with van der Waals surface area (Å²) in [5, 5.41) is 11.7. The number of aromatic nitrogens is 4. The Morgan fingerprint density at radius 2 is 2.28 bits per heavy atom. The number of tetrazole rings is 1. The van der Waals surface area contributed by atoms with Crippen LogP contribution < -0.4 is 10.5 Å². The number of hydrogen-bond acceptors (Lipinski definition) is 5. The standard InChI is InChI=1S/C12H15N5O/c13-10-2-1-3-11(8-10)18-7-6-17-12(9-4-5-9)14-15-16-17/h1-3,8-9H,4-7,13H2. The van der Waals surface area contributed by atoms with Crippen LogP contribution in [-0.4, -0.2) is 26.8 Å². The van der Waals surface area contributed by atoms with E-state index in [1.807, 2.05) is 22.9 Å². The van der Waals surface area contributed by atoms with Crippen LogP contribution in [0.25, 0.3) is 0 Å². The molecular formula is C12H15N5O.